The third kappa shape index (κ3) is 1.24. The topological polar surface area (TPSA) is 0 Å². The minimum absolute atomic E-state index is 0.500. The molecule has 0 heteroatoms. The molecule has 0 saturated heterocycles. The average Bonchev–Trinajstić information content (AvgIpc) is 2.62. The minimum atomic E-state index is 0.500. The molecule has 1 spiro atoms. The van der Waals surface area contributed by atoms with E-state index in [0.717, 1.165) is 5.92 Å². The summed E-state index contributed by atoms with van der Waals surface area (Å²) in [4.78, 5) is 0. The number of rotatable bonds is 1. The standard InChI is InChI=1S/C12H18/c1-10(2)11-5-8-12(9-11)6-3-4-7-12/h3,6,9-10H,4-5,7-8H2,1-2H3. The monoisotopic (exact) mass is 162 g/mol. The molecule has 0 amide bonds. The fourth-order valence-electron chi connectivity index (χ4n) is 2.43. The van der Waals surface area contributed by atoms with Crippen LogP contribution in [0.4, 0.5) is 0 Å². The molecular formula is C12H18. The van der Waals surface area contributed by atoms with Crippen LogP contribution in [0, 0.1) is 11.3 Å². The van der Waals surface area contributed by atoms with Crippen molar-refractivity contribution in [1.82, 2.24) is 0 Å². The van der Waals surface area contributed by atoms with Gasteiger partial charge in [-0.2, -0.15) is 0 Å². The minimum Gasteiger partial charge on any atom is -0.0876 e. The van der Waals surface area contributed by atoms with Gasteiger partial charge in [-0.25, -0.2) is 0 Å². The molecule has 2 rings (SSSR count). The smallest absolute Gasteiger partial charge is 0.00697 e. The molecule has 0 N–H and O–H groups in total. The fraction of sp³-hybridized carbons (Fsp3) is 0.667. The summed E-state index contributed by atoms with van der Waals surface area (Å²) in [6.45, 7) is 4.62. The Kier molecular flexibility index (Phi) is 1.86. The van der Waals surface area contributed by atoms with E-state index in [2.05, 4.69) is 32.1 Å². The zero-order chi connectivity index (χ0) is 8.60. The Bertz CT molecular complexity index is 232. The Balaban J connectivity index is 2.18. The second-order valence-electron chi connectivity index (χ2n) is 4.55. The van der Waals surface area contributed by atoms with Crippen LogP contribution in [0.1, 0.15) is 39.5 Å². The zero-order valence-electron chi connectivity index (χ0n) is 8.14. The van der Waals surface area contributed by atoms with Gasteiger partial charge in [0.1, 0.15) is 0 Å². The van der Waals surface area contributed by atoms with E-state index >= 15 is 0 Å². The van der Waals surface area contributed by atoms with Gasteiger partial charge in [0.05, 0.1) is 0 Å². The van der Waals surface area contributed by atoms with Crippen molar-refractivity contribution in [3.63, 3.8) is 0 Å². The SMILES string of the molecule is CC(C)C1=CC2(C=CCC2)CC1. The van der Waals surface area contributed by atoms with Crippen LogP contribution in [0.25, 0.3) is 0 Å². The second-order valence-corrected chi connectivity index (χ2v) is 4.55. The number of hydrogen-bond acceptors (Lipinski definition) is 0. The first-order chi connectivity index (χ1) is 5.72. The first-order valence-electron chi connectivity index (χ1n) is 5.11. The molecule has 0 aromatic carbocycles. The van der Waals surface area contributed by atoms with Crippen molar-refractivity contribution in [2.45, 2.75) is 39.5 Å². The molecule has 0 radical (unpaired) electrons. The predicted molar refractivity (Wildman–Crippen MR) is 53.0 cm³/mol. The lowest BCUT2D eigenvalue weighted by Crippen LogP contribution is -2.06. The number of hydrogen-bond donors (Lipinski definition) is 0. The second kappa shape index (κ2) is 2.76. The van der Waals surface area contributed by atoms with Crippen LogP contribution in [0.2, 0.25) is 0 Å². The van der Waals surface area contributed by atoms with Gasteiger partial charge in [0.25, 0.3) is 0 Å². The summed E-state index contributed by atoms with van der Waals surface area (Å²) in [7, 11) is 0. The summed E-state index contributed by atoms with van der Waals surface area (Å²) in [5.41, 5.74) is 2.18. The van der Waals surface area contributed by atoms with Crippen molar-refractivity contribution in [2.75, 3.05) is 0 Å². The predicted octanol–water partition coefficient (Wildman–Crippen LogP) is 3.70. The maximum absolute atomic E-state index is 2.54. The summed E-state index contributed by atoms with van der Waals surface area (Å²) in [6, 6.07) is 0. The zero-order valence-corrected chi connectivity index (χ0v) is 8.14. The Morgan fingerprint density at radius 3 is 2.67 bits per heavy atom. The molecule has 1 unspecified atom stereocenters. The summed E-state index contributed by atoms with van der Waals surface area (Å²) in [5, 5.41) is 0. The van der Waals surface area contributed by atoms with Gasteiger partial charge in [0.15, 0.2) is 0 Å². The normalized spacial score (nSPS) is 33.8. The Hall–Kier alpha value is -0.520. The molecule has 0 nitrogen and oxygen atoms in total. The van der Waals surface area contributed by atoms with Crippen molar-refractivity contribution in [1.29, 1.82) is 0 Å². The first-order valence-corrected chi connectivity index (χ1v) is 5.11. The van der Waals surface area contributed by atoms with Crippen molar-refractivity contribution in [3.05, 3.63) is 23.8 Å². The Morgan fingerprint density at radius 1 is 1.33 bits per heavy atom. The van der Waals surface area contributed by atoms with E-state index in [4.69, 9.17) is 0 Å². The highest BCUT2D eigenvalue weighted by Gasteiger charge is 2.32. The van der Waals surface area contributed by atoms with Crippen LogP contribution in [-0.4, -0.2) is 0 Å². The van der Waals surface area contributed by atoms with Crippen molar-refractivity contribution >= 4 is 0 Å². The summed E-state index contributed by atoms with van der Waals surface area (Å²) >= 11 is 0. The summed E-state index contributed by atoms with van der Waals surface area (Å²) < 4.78 is 0. The molecule has 0 fully saturated rings. The molecule has 2 aliphatic rings. The third-order valence-electron chi connectivity index (χ3n) is 3.32. The fourth-order valence-corrected chi connectivity index (χ4v) is 2.43. The molecule has 0 saturated carbocycles. The van der Waals surface area contributed by atoms with Gasteiger partial charge in [0, 0.05) is 5.41 Å². The quantitative estimate of drug-likeness (QED) is 0.516. The van der Waals surface area contributed by atoms with E-state index in [1.165, 1.54) is 25.7 Å². The van der Waals surface area contributed by atoms with Gasteiger partial charge < -0.3 is 0 Å². The molecular weight excluding hydrogens is 144 g/mol. The van der Waals surface area contributed by atoms with Crippen LogP contribution in [-0.2, 0) is 0 Å². The van der Waals surface area contributed by atoms with E-state index in [0.29, 0.717) is 5.41 Å². The highest BCUT2D eigenvalue weighted by molar-refractivity contribution is 5.27. The third-order valence-corrected chi connectivity index (χ3v) is 3.32. The van der Waals surface area contributed by atoms with Gasteiger partial charge in [-0.15, -0.1) is 0 Å². The molecule has 0 aliphatic heterocycles. The van der Waals surface area contributed by atoms with Crippen LogP contribution in [0.5, 0.6) is 0 Å². The van der Waals surface area contributed by atoms with Gasteiger partial charge in [-0.05, 0) is 31.6 Å². The van der Waals surface area contributed by atoms with Gasteiger partial charge in [0.2, 0.25) is 0 Å². The average molecular weight is 162 g/mol. The summed E-state index contributed by atoms with van der Waals surface area (Å²) in [5.74, 6) is 0.762. The highest BCUT2D eigenvalue weighted by Crippen LogP contribution is 2.46. The molecule has 0 heterocycles. The van der Waals surface area contributed by atoms with Crippen molar-refractivity contribution < 1.29 is 0 Å². The maximum atomic E-state index is 2.54. The van der Waals surface area contributed by atoms with E-state index in [-0.39, 0.29) is 0 Å². The first kappa shape index (κ1) is 8.10. The van der Waals surface area contributed by atoms with Crippen molar-refractivity contribution in [2.24, 2.45) is 11.3 Å². The van der Waals surface area contributed by atoms with Gasteiger partial charge in [-0.1, -0.05) is 37.6 Å². The molecule has 12 heavy (non-hydrogen) atoms. The number of allylic oxidation sites excluding steroid dienone is 4. The molecule has 2 aliphatic carbocycles. The van der Waals surface area contributed by atoms with Crippen LogP contribution in [0.15, 0.2) is 23.8 Å². The Labute approximate surface area is 75.4 Å². The molecule has 66 valence electrons. The van der Waals surface area contributed by atoms with E-state index in [1.54, 1.807) is 5.57 Å². The van der Waals surface area contributed by atoms with Gasteiger partial charge >= 0.3 is 0 Å². The molecule has 0 bridgehead atoms. The molecule has 0 aromatic rings. The van der Waals surface area contributed by atoms with Crippen LogP contribution >= 0.6 is 0 Å². The largest absolute Gasteiger partial charge is 0.0876 e. The van der Waals surface area contributed by atoms with Crippen molar-refractivity contribution in [3.8, 4) is 0 Å². The lowest BCUT2D eigenvalue weighted by atomic mass is 9.87. The van der Waals surface area contributed by atoms with E-state index < -0.39 is 0 Å². The highest BCUT2D eigenvalue weighted by atomic mass is 14.4. The maximum Gasteiger partial charge on any atom is 0.00697 e. The van der Waals surface area contributed by atoms with Crippen LogP contribution in [0.3, 0.4) is 0 Å². The van der Waals surface area contributed by atoms with Crippen LogP contribution < -0.4 is 0 Å². The lowest BCUT2D eigenvalue weighted by Gasteiger charge is -2.16. The lowest BCUT2D eigenvalue weighted by molar-refractivity contribution is 0.470. The van der Waals surface area contributed by atoms with Gasteiger partial charge in [-0.3, -0.25) is 0 Å². The summed E-state index contributed by atoms with van der Waals surface area (Å²) in [6.07, 6.45) is 12.7. The Morgan fingerprint density at radius 2 is 2.17 bits per heavy atom. The van der Waals surface area contributed by atoms with E-state index in [9.17, 15) is 0 Å². The van der Waals surface area contributed by atoms with E-state index in [1.807, 2.05) is 0 Å². The molecule has 1 atom stereocenters. The molecule has 0 aromatic heterocycles.